The van der Waals surface area contributed by atoms with Gasteiger partial charge in [-0.3, -0.25) is 0 Å². The highest BCUT2D eigenvalue weighted by Gasteiger charge is 2.16. The van der Waals surface area contributed by atoms with Gasteiger partial charge in [0.05, 0.1) is 4.90 Å². The Labute approximate surface area is 101 Å². The van der Waals surface area contributed by atoms with Crippen LogP contribution in [0.3, 0.4) is 0 Å². The highest BCUT2D eigenvalue weighted by Crippen LogP contribution is 2.20. The minimum atomic E-state index is -3.47. The van der Waals surface area contributed by atoms with Crippen LogP contribution in [0, 0.1) is 0 Å². The minimum Gasteiger partial charge on any atom is -0.326 e. The van der Waals surface area contributed by atoms with Crippen LogP contribution in [-0.4, -0.2) is 14.5 Å². The second-order valence-corrected chi connectivity index (χ2v) is 5.85. The Balaban J connectivity index is 3.14. The van der Waals surface area contributed by atoms with Crippen LogP contribution in [0.2, 0.25) is 5.02 Å². The molecular weight excluding hydrogens is 248 g/mol. The summed E-state index contributed by atoms with van der Waals surface area (Å²) in [6.07, 6.45) is 0. The van der Waals surface area contributed by atoms with E-state index in [0.29, 0.717) is 10.6 Å². The van der Waals surface area contributed by atoms with E-state index >= 15 is 0 Å². The monoisotopic (exact) mass is 262 g/mol. The van der Waals surface area contributed by atoms with E-state index in [1.54, 1.807) is 19.9 Å². The van der Waals surface area contributed by atoms with Crippen molar-refractivity contribution < 1.29 is 8.42 Å². The summed E-state index contributed by atoms with van der Waals surface area (Å²) in [5.41, 5.74) is 6.08. The van der Waals surface area contributed by atoms with E-state index in [1.165, 1.54) is 12.1 Å². The van der Waals surface area contributed by atoms with Crippen molar-refractivity contribution in [3.05, 3.63) is 28.8 Å². The van der Waals surface area contributed by atoms with E-state index in [1.807, 2.05) is 0 Å². The van der Waals surface area contributed by atoms with E-state index in [9.17, 15) is 8.42 Å². The first-order valence-electron chi connectivity index (χ1n) is 4.87. The summed E-state index contributed by atoms with van der Waals surface area (Å²) in [7, 11) is -3.47. The molecule has 1 aromatic carbocycles. The van der Waals surface area contributed by atoms with Crippen LogP contribution in [0.15, 0.2) is 23.1 Å². The zero-order chi connectivity index (χ0) is 12.3. The third-order valence-electron chi connectivity index (χ3n) is 1.94. The first kappa shape index (κ1) is 13.4. The minimum absolute atomic E-state index is 0.151. The van der Waals surface area contributed by atoms with Crippen LogP contribution >= 0.6 is 11.6 Å². The van der Waals surface area contributed by atoms with Crippen LogP contribution in [-0.2, 0) is 16.6 Å². The van der Waals surface area contributed by atoms with E-state index in [0.717, 1.165) is 0 Å². The van der Waals surface area contributed by atoms with Crippen LogP contribution in [0.25, 0.3) is 0 Å². The van der Waals surface area contributed by atoms with Crippen molar-refractivity contribution >= 4 is 21.6 Å². The molecule has 6 heteroatoms. The lowest BCUT2D eigenvalue weighted by Gasteiger charge is -2.11. The highest BCUT2D eigenvalue weighted by molar-refractivity contribution is 7.89. The molecule has 0 aliphatic carbocycles. The van der Waals surface area contributed by atoms with Gasteiger partial charge in [0.25, 0.3) is 0 Å². The lowest BCUT2D eigenvalue weighted by molar-refractivity contribution is 0.569. The number of hydrogen-bond acceptors (Lipinski definition) is 3. The van der Waals surface area contributed by atoms with Crippen molar-refractivity contribution in [3.8, 4) is 0 Å². The molecule has 1 rings (SSSR count). The molecule has 16 heavy (non-hydrogen) atoms. The molecular formula is C10H15ClN2O2S. The topological polar surface area (TPSA) is 72.2 Å². The Hall–Kier alpha value is -0.620. The van der Waals surface area contributed by atoms with E-state index in [2.05, 4.69) is 4.72 Å². The molecule has 0 aliphatic heterocycles. The molecule has 0 aromatic heterocycles. The molecule has 0 saturated carbocycles. The van der Waals surface area contributed by atoms with Crippen molar-refractivity contribution in [2.24, 2.45) is 5.73 Å². The fraction of sp³-hybridized carbons (Fsp3) is 0.400. The largest absolute Gasteiger partial charge is 0.326 e. The summed E-state index contributed by atoms with van der Waals surface area (Å²) in [5.74, 6) is 0. The third kappa shape index (κ3) is 3.18. The summed E-state index contributed by atoms with van der Waals surface area (Å²) in [6.45, 7) is 3.73. The second kappa shape index (κ2) is 5.14. The van der Waals surface area contributed by atoms with Gasteiger partial charge in [-0.2, -0.15) is 0 Å². The van der Waals surface area contributed by atoms with Gasteiger partial charge in [-0.1, -0.05) is 11.6 Å². The molecule has 0 heterocycles. The third-order valence-corrected chi connectivity index (χ3v) is 3.96. The van der Waals surface area contributed by atoms with Crippen LogP contribution in [0.4, 0.5) is 0 Å². The molecule has 0 radical (unpaired) electrons. The van der Waals surface area contributed by atoms with Gasteiger partial charge >= 0.3 is 0 Å². The SMILES string of the molecule is CC(C)NS(=O)(=O)c1ccc(Cl)c(CN)c1. The van der Waals surface area contributed by atoms with Crippen molar-refractivity contribution in [2.45, 2.75) is 31.3 Å². The molecule has 0 bridgehead atoms. The van der Waals surface area contributed by atoms with Crippen molar-refractivity contribution in [3.63, 3.8) is 0 Å². The first-order chi connectivity index (χ1) is 7.36. The van der Waals surface area contributed by atoms with Crippen molar-refractivity contribution in [1.82, 2.24) is 4.72 Å². The maximum atomic E-state index is 11.8. The normalized spacial score (nSPS) is 12.1. The molecule has 0 atom stereocenters. The van der Waals surface area contributed by atoms with E-state index in [4.69, 9.17) is 17.3 Å². The standard InChI is InChI=1S/C10H15ClN2O2S/c1-7(2)13-16(14,15)9-3-4-10(11)8(5-9)6-12/h3-5,7,13H,6,12H2,1-2H3. The molecule has 0 spiro atoms. The number of rotatable bonds is 4. The smallest absolute Gasteiger partial charge is 0.240 e. The predicted molar refractivity (Wildman–Crippen MR) is 64.8 cm³/mol. The van der Waals surface area contributed by atoms with Crippen molar-refractivity contribution in [1.29, 1.82) is 0 Å². The van der Waals surface area contributed by atoms with Gasteiger partial charge in [-0.05, 0) is 37.6 Å². The number of sulfonamides is 1. The predicted octanol–water partition coefficient (Wildman–Crippen LogP) is 1.49. The van der Waals surface area contributed by atoms with Crippen LogP contribution in [0.5, 0.6) is 0 Å². The second-order valence-electron chi connectivity index (χ2n) is 3.73. The van der Waals surface area contributed by atoms with Crippen LogP contribution in [0.1, 0.15) is 19.4 Å². The van der Waals surface area contributed by atoms with Gasteiger partial charge in [0.1, 0.15) is 0 Å². The number of benzene rings is 1. The molecule has 90 valence electrons. The summed E-state index contributed by atoms with van der Waals surface area (Å²) in [4.78, 5) is 0.186. The highest BCUT2D eigenvalue weighted by atomic mass is 35.5. The molecule has 0 saturated heterocycles. The summed E-state index contributed by atoms with van der Waals surface area (Å²) in [5, 5.41) is 0.478. The Morgan fingerprint density at radius 3 is 2.56 bits per heavy atom. The van der Waals surface area contributed by atoms with Gasteiger partial charge in [0, 0.05) is 17.6 Å². The van der Waals surface area contributed by atoms with Gasteiger partial charge in [-0.15, -0.1) is 0 Å². The maximum Gasteiger partial charge on any atom is 0.240 e. The number of nitrogens with one attached hydrogen (secondary N) is 1. The molecule has 0 fully saturated rings. The molecule has 1 aromatic rings. The lowest BCUT2D eigenvalue weighted by atomic mass is 10.2. The van der Waals surface area contributed by atoms with E-state index in [-0.39, 0.29) is 17.5 Å². The Morgan fingerprint density at radius 1 is 1.44 bits per heavy atom. The lowest BCUT2D eigenvalue weighted by Crippen LogP contribution is -2.30. The summed E-state index contributed by atoms with van der Waals surface area (Å²) < 4.78 is 26.1. The van der Waals surface area contributed by atoms with Gasteiger partial charge < -0.3 is 5.73 Å². The van der Waals surface area contributed by atoms with Gasteiger partial charge in [0.15, 0.2) is 0 Å². The van der Waals surface area contributed by atoms with E-state index < -0.39 is 10.0 Å². The zero-order valence-electron chi connectivity index (χ0n) is 9.20. The van der Waals surface area contributed by atoms with Gasteiger partial charge in [-0.25, -0.2) is 13.1 Å². The molecule has 0 aliphatic rings. The molecule has 0 amide bonds. The average molecular weight is 263 g/mol. The summed E-state index contributed by atoms with van der Waals surface area (Å²) in [6, 6.07) is 4.35. The zero-order valence-corrected chi connectivity index (χ0v) is 10.8. The summed E-state index contributed by atoms with van der Waals surface area (Å²) >= 11 is 5.86. The fourth-order valence-electron chi connectivity index (χ4n) is 1.25. The van der Waals surface area contributed by atoms with Gasteiger partial charge in [0.2, 0.25) is 10.0 Å². The molecule has 3 N–H and O–H groups in total. The molecule has 0 unspecified atom stereocenters. The Bertz CT molecular complexity index is 472. The van der Waals surface area contributed by atoms with Crippen molar-refractivity contribution in [2.75, 3.05) is 0 Å². The quantitative estimate of drug-likeness (QED) is 0.863. The number of nitrogens with two attached hydrogens (primary N) is 1. The van der Waals surface area contributed by atoms with Crippen LogP contribution < -0.4 is 10.5 Å². The molecule has 4 nitrogen and oxygen atoms in total. The Morgan fingerprint density at radius 2 is 2.06 bits per heavy atom. The Kier molecular flexibility index (Phi) is 4.32. The maximum absolute atomic E-state index is 11.8. The number of hydrogen-bond donors (Lipinski definition) is 2. The number of halogens is 1. The first-order valence-corrected chi connectivity index (χ1v) is 6.73. The fourth-order valence-corrected chi connectivity index (χ4v) is 2.75. The average Bonchev–Trinajstić information content (AvgIpc) is 2.16.